The van der Waals surface area contributed by atoms with Crippen LogP contribution < -0.4 is 9.47 Å². The molecule has 1 aromatic carbocycles. The maximum absolute atomic E-state index is 12.7. The number of piperazine rings is 1. The van der Waals surface area contributed by atoms with Crippen molar-refractivity contribution in [3.05, 3.63) is 24.3 Å². The van der Waals surface area contributed by atoms with Crippen LogP contribution in [0, 0.1) is 0 Å². The van der Waals surface area contributed by atoms with Crippen molar-refractivity contribution in [2.75, 3.05) is 39.4 Å². The molecular weight excluding hydrogens is 324 g/mol. The van der Waals surface area contributed by atoms with Crippen LogP contribution in [0.25, 0.3) is 0 Å². The molecule has 0 unspecified atom stereocenters. The zero-order valence-electron chi connectivity index (χ0n) is 14.1. The average Bonchev–Trinajstić information content (AvgIpc) is 3.21. The lowest BCUT2D eigenvalue weighted by atomic mass is 10.2. The number of para-hydroxylation sites is 2. The van der Waals surface area contributed by atoms with Gasteiger partial charge < -0.3 is 24.0 Å². The van der Waals surface area contributed by atoms with Crippen molar-refractivity contribution in [3.8, 4) is 11.5 Å². The largest absolute Gasteiger partial charge is 0.485 e. The molecule has 0 N–H and O–H groups in total. The second kappa shape index (κ2) is 6.92. The smallest absolute Gasteiger partial charge is 0.267 e. The van der Waals surface area contributed by atoms with Crippen molar-refractivity contribution in [2.24, 2.45) is 0 Å². The van der Waals surface area contributed by atoms with Gasteiger partial charge in [-0.1, -0.05) is 12.1 Å². The summed E-state index contributed by atoms with van der Waals surface area (Å²) in [7, 11) is 0. The minimum absolute atomic E-state index is 0.0516. The number of hydrogen-bond acceptors (Lipinski definition) is 5. The lowest BCUT2D eigenvalue weighted by Gasteiger charge is -2.37. The Bertz CT molecular complexity index is 651. The Kier molecular flexibility index (Phi) is 4.48. The molecule has 0 aromatic heterocycles. The maximum atomic E-state index is 12.7. The zero-order valence-corrected chi connectivity index (χ0v) is 14.1. The summed E-state index contributed by atoms with van der Waals surface area (Å²) < 4.78 is 16.9. The van der Waals surface area contributed by atoms with Gasteiger partial charge in [0.05, 0.1) is 0 Å². The number of nitrogens with zero attached hydrogens (tertiary/aromatic N) is 2. The third kappa shape index (κ3) is 3.28. The van der Waals surface area contributed by atoms with Crippen molar-refractivity contribution >= 4 is 11.8 Å². The highest BCUT2D eigenvalue weighted by Gasteiger charge is 2.35. The first-order valence-electron chi connectivity index (χ1n) is 8.80. The molecular formula is C18H22N2O5. The molecule has 7 nitrogen and oxygen atoms in total. The first-order valence-corrected chi connectivity index (χ1v) is 8.80. The second-order valence-corrected chi connectivity index (χ2v) is 6.52. The molecule has 2 atom stereocenters. The fourth-order valence-corrected chi connectivity index (χ4v) is 3.47. The number of amides is 2. The van der Waals surface area contributed by atoms with Crippen molar-refractivity contribution in [2.45, 2.75) is 25.0 Å². The molecule has 4 rings (SSSR count). The first-order chi connectivity index (χ1) is 12.2. The minimum atomic E-state index is -0.629. The van der Waals surface area contributed by atoms with E-state index in [1.807, 2.05) is 18.2 Å². The third-order valence-electron chi connectivity index (χ3n) is 4.89. The Morgan fingerprint density at radius 1 is 0.920 bits per heavy atom. The number of hydrogen-bond donors (Lipinski definition) is 0. The molecule has 1 aromatic rings. The highest BCUT2D eigenvalue weighted by atomic mass is 16.6. The number of benzene rings is 1. The van der Waals surface area contributed by atoms with E-state index in [9.17, 15) is 9.59 Å². The van der Waals surface area contributed by atoms with Crippen LogP contribution >= 0.6 is 0 Å². The topological polar surface area (TPSA) is 68.3 Å². The van der Waals surface area contributed by atoms with Crippen LogP contribution in [-0.2, 0) is 14.3 Å². The SMILES string of the molecule is O=C([C@@H]1COc2ccccc2O1)N1CCN(C(=O)[C@H]2CCCO2)CC1. The molecule has 3 heterocycles. The van der Waals surface area contributed by atoms with E-state index < -0.39 is 6.10 Å². The normalized spacial score (nSPS) is 25.8. The molecule has 2 amide bonds. The highest BCUT2D eigenvalue weighted by Crippen LogP contribution is 2.31. The number of carbonyl (C=O) groups is 2. The molecule has 0 bridgehead atoms. The highest BCUT2D eigenvalue weighted by molar-refractivity contribution is 5.83. The molecule has 0 spiro atoms. The zero-order chi connectivity index (χ0) is 17.2. The van der Waals surface area contributed by atoms with Crippen molar-refractivity contribution in [1.82, 2.24) is 9.80 Å². The summed E-state index contributed by atoms with van der Waals surface area (Å²) in [6.07, 6.45) is 0.809. The average molecular weight is 346 g/mol. The molecule has 25 heavy (non-hydrogen) atoms. The molecule has 3 aliphatic heterocycles. The van der Waals surface area contributed by atoms with E-state index in [0.29, 0.717) is 44.3 Å². The van der Waals surface area contributed by atoms with E-state index in [4.69, 9.17) is 14.2 Å². The molecule has 0 saturated carbocycles. The number of rotatable bonds is 2. The van der Waals surface area contributed by atoms with Gasteiger partial charge in [-0.15, -0.1) is 0 Å². The molecule has 7 heteroatoms. The van der Waals surface area contributed by atoms with Crippen LogP contribution in [0.4, 0.5) is 0 Å². The van der Waals surface area contributed by atoms with Crippen molar-refractivity contribution in [1.29, 1.82) is 0 Å². The number of ether oxygens (including phenoxy) is 3. The summed E-state index contributed by atoms with van der Waals surface area (Å²) in [5.41, 5.74) is 0. The molecule has 2 saturated heterocycles. The van der Waals surface area contributed by atoms with E-state index in [1.54, 1.807) is 15.9 Å². The Morgan fingerprint density at radius 2 is 1.56 bits per heavy atom. The summed E-state index contributed by atoms with van der Waals surface area (Å²) >= 11 is 0. The van der Waals surface area contributed by atoms with Crippen LogP contribution in [0.5, 0.6) is 11.5 Å². The van der Waals surface area contributed by atoms with Crippen molar-refractivity contribution in [3.63, 3.8) is 0 Å². The van der Waals surface area contributed by atoms with Gasteiger partial charge in [-0.25, -0.2) is 0 Å². The first kappa shape index (κ1) is 16.2. The molecule has 0 radical (unpaired) electrons. The van der Waals surface area contributed by atoms with Crippen LogP contribution in [0.2, 0.25) is 0 Å². The lowest BCUT2D eigenvalue weighted by molar-refractivity contribution is -0.149. The van der Waals surface area contributed by atoms with Gasteiger partial charge in [-0.3, -0.25) is 9.59 Å². The summed E-state index contributed by atoms with van der Waals surface area (Å²) in [6, 6.07) is 7.34. The van der Waals surface area contributed by atoms with Gasteiger partial charge in [-0.2, -0.15) is 0 Å². The molecule has 2 fully saturated rings. The minimum Gasteiger partial charge on any atom is -0.485 e. The van der Waals surface area contributed by atoms with E-state index in [-0.39, 0.29) is 24.5 Å². The summed E-state index contributed by atoms with van der Waals surface area (Å²) in [6.45, 7) is 2.97. The Hall–Kier alpha value is -2.28. The predicted octanol–water partition coefficient (Wildman–Crippen LogP) is 0.676. The predicted molar refractivity (Wildman–Crippen MR) is 88.5 cm³/mol. The van der Waals surface area contributed by atoms with Crippen LogP contribution in [0.1, 0.15) is 12.8 Å². The molecule has 3 aliphatic rings. The van der Waals surface area contributed by atoms with E-state index in [0.717, 1.165) is 12.8 Å². The van der Waals surface area contributed by atoms with Crippen LogP contribution in [-0.4, -0.2) is 73.2 Å². The summed E-state index contributed by atoms with van der Waals surface area (Å²) in [4.78, 5) is 28.6. The Morgan fingerprint density at radius 3 is 2.20 bits per heavy atom. The maximum Gasteiger partial charge on any atom is 0.267 e. The van der Waals surface area contributed by atoms with Crippen molar-refractivity contribution < 1.29 is 23.8 Å². The summed E-state index contributed by atoms with van der Waals surface area (Å²) in [5.74, 6) is 1.23. The van der Waals surface area contributed by atoms with Crippen LogP contribution in [0.3, 0.4) is 0 Å². The fraction of sp³-hybridized carbons (Fsp3) is 0.556. The number of carbonyl (C=O) groups excluding carboxylic acids is 2. The van der Waals surface area contributed by atoms with Gasteiger partial charge in [0.25, 0.3) is 11.8 Å². The van der Waals surface area contributed by atoms with Gasteiger partial charge in [-0.05, 0) is 25.0 Å². The van der Waals surface area contributed by atoms with Gasteiger partial charge in [0.15, 0.2) is 11.5 Å². The van der Waals surface area contributed by atoms with Crippen LogP contribution in [0.15, 0.2) is 24.3 Å². The van der Waals surface area contributed by atoms with E-state index in [1.165, 1.54) is 0 Å². The number of fused-ring (bicyclic) bond motifs is 1. The third-order valence-corrected chi connectivity index (χ3v) is 4.89. The molecule has 0 aliphatic carbocycles. The fourth-order valence-electron chi connectivity index (χ4n) is 3.47. The van der Waals surface area contributed by atoms with Gasteiger partial charge in [0.2, 0.25) is 6.10 Å². The molecule has 134 valence electrons. The van der Waals surface area contributed by atoms with Gasteiger partial charge in [0.1, 0.15) is 12.7 Å². The van der Waals surface area contributed by atoms with Gasteiger partial charge in [0, 0.05) is 32.8 Å². The van der Waals surface area contributed by atoms with E-state index >= 15 is 0 Å². The second-order valence-electron chi connectivity index (χ2n) is 6.52. The quantitative estimate of drug-likeness (QED) is 0.788. The Labute approximate surface area is 146 Å². The Balaban J connectivity index is 1.32. The standard InChI is InChI=1S/C18H22N2O5/c21-17(15-6-3-11-23-15)19-7-9-20(10-8-19)18(22)16-12-24-13-4-1-2-5-14(13)25-16/h1-2,4-5,15-16H,3,6-12H2/t15-,16+/m1/s1. The van der Waals surface area contributed by atoms with E-state index in [2.05, 4.69) is 0 Å². The lowest BCUT2D eigenvalue weighted by Crippen LogP contribution is -2.56. The monoisotopic (exact) mass is 346 g/mol. The summed E-state index contributed by atoms with van der Waals surface area (Å²) in [5, 5.41) is 0. The van der Waals surface area contributed by atoms with Gasteiger partial charge >= 0.3 is 0 Å².